The molecule has 74 heavy (non-hydrogen) atoms. The van der Waals surface area contributed by atoms with Crippen LogP contribution in [0.25, 0.3) is 50.6 Å². The smallest absolute Gasteiger partial charge is 0.259 e. The van der Waals surface area contributed by atoms with E-state index in [4.69, 9.17) is 5.10 Å². The van der Waals surface area contributed by atoms with E-state index in [2.05, 4.69) is 69.2 Å². The summed E-state index contributed by atoms with van der Waals surface area (Å²) in [6.07, 6.45) is 6.01. The predicted octanol–water partition coefficient (Wildman–Crippen LogP) is 16.5. The molecule has 0 bridgehead atoms. The number of amides is 2. The summed E-state index contributed by atoms with van der Waals surface area (Å²) >= 11 is 0. The van der Waals surface area contributed by atoms with Gasteiger partial charge in [-0.25, -0.2) is 4.68 Å². The molecule has 0 saturated heterocycles. The Morgan fingerprint density at radius 3 is 1.53 bits per heavy atom. The minimum atomic E-state index is -0.457. The molecule has 12 nitrogen and oxygen atoms in total. The Morgan fingerprint density at radius 2 is 1.03 bits per heavy atom. The van der Waals surface area contributed by atoms with Crippen molar-refractivity contribution in [2.75, 3.05) is 10.6 Å². The van der Waals surface area contributed by atoms with Crippen molar-refractivity contribution in [3.05, 3.63) is 227 Å². The Balaban J connectivity index is 0.901. The van der Waals surface area contributed by atoms with Crippen molar-refractivity contribution in [1.29, 1.82) is 0 Å². The highest BCUT2D eigenvalue weighted by molar-refractivity contribution is 6.13. The number of benzene rings is 9. The molecule has 0 spiro atoms. The minimum Gasteiger partial charge on any atom is -0.505 e. The number of fused-ring (bicyclic) bond motifs is 2. The maximum atomic E-state index is 13.5. The zero-order valence-corrected chi connectivity index (χ0v) is 41.0. The average Bonchev–Trinajstić information content (AvgIpc) is 3.85. The normalized spacial score (nSPS) is 11.7. The van der Waals surface area contributed by atoms with Crippen LogP contribution in [-0.4, -0.2) is 31.8 Å². The molecule has 0 atom stereocenters. The fourth-order valence-electron chi connectivity index (χ4n) is 8.61. The van der Waals surface area contributed by atoms with E-state index >= 15 is 0 Å². The SMILES string of the molecule is Cc1ccccc1NC(=O)c1cc2ccccc2c(/N=N/c2ccc(/C=C/c3cn(-c4ccc(/N=N/c5c(O)c(C(=O)Nc6ccccc6C)cc6ccccc56)cc4)nc3-c3ccc(C(C)C)cc3)cc2)c1O. The Labute approximate surface area is 427 Å². The van der Waals surface area contributed by atoms with Crippen LogP contribution in [0.1, 0.15) is 68.3 Å². The first-order valence-corrected chi connectivity index (χ1v) is 24.1. The molecule has 10 aromatic rings. The molecule has 1 heterocycles. The molecular weight excluding hydrogens is 921 g/mol. The van der Waals surface area contributed by atoms with E-state index in [1.165, 1.54) is 5.56 Å². The fourth-order valence-corrected chi connectivity index (χ4v) is 8.61. The van der Waals surface area contributed by atoms with Crippen molar-refractivity contribution in [2.24, 2.45) is 20.5 Å². The van der Waals surface area contributed by atoms with Crippen LogP contribution in [0.5, 0.6) is 11.5 Å². The van der Waals surface area contributed by atoms with Gasteiger partial charge in [0.25, 0.3) is 11.8 Å². The van der Waals surface area contributed by atoms with Crippen LogP contribution in [0.2, 0.25) is 0 Å². The second kappa shape index (κ2) is 20.9. The number of carbonyl (C=O) groups excluding carboxylic acids is 2. The maximum absolute atomic E-state index is 13.5. The lowest BCUT2D eigenvalue weighted by molar-refractivity contribution is 0.101. The zero-order chi connectivity index (χ0) is 51.3. The molecule has 4 N–H and O–H groups in total. The monoisotopic (exact) mass is 970 g/mol. The third-order valence-electron chi connectivity index (χ3n) is 12.9. The molecule has 0 aliphatic rings. The number of phenols is 2. The van der Waals surface area contributed by atoms with Crippen molar-refractivity contribution in [2.45, 2.75) is 33.6 Å². The van der Waals surface area contributed by atoms with Gasteiger partial charge in [0.05, 0.1) is 33.9 Å². The number of hydrogen-bond donors (Lipinski definition) is 4. The number of aryl methyl sites for hydroxylation is 2. The van der Waals surface area contributed by atoms with Gasteiger partial charge in [-0.05, 0) is 113 Å². The number of hydrogen-bond acceptors (Lipinski definition) is 9. The Morgan fingerprint density at radius 1 is 0.554 bits per heavy atom. The highest BCUT2D eigenvalue weighted by Gasteiger charge is 2.21. The molecule has 0 fully saturated rings. The largest absolute Gasteiger partial charge is 0.505 e. The van der Waals surface area contributed by atoms with Crippen molar-refractivity contribution < 1.29 is 19.8 Å². The first kappa shape index (κ1) is 47.8. The van der Waals surface area contributed by atoms with Crippen LogP contribution in [-0.2, 0) is 0 Å². The molecule has 0 saturated carbocycles. The molecule has 1 aromatic heterocycles. The number of aromatic nitrogens is 2. The van der Waals surface area contributed by atoms with E-state index in [9.17, 15) is 19.8 Å². The lowest BCUT2D eigenvalue weighted by atomic mass is 9.99. The van der Waals surface area contributed by atoms with E-state index in [0.717, 1.165) is 50.0 Å². The van der Waals surface area contributed by atoms with Crippen LogP contribution in [0.15, 0.2) is 209 Å². The van der Waals surface area contributed by atoms with Crippen LogP contribution in [0.4, 0.5) is 34.1 Å². The van der Waals surface area contributed by atoms with Gasteiger partial charge in [-0.3, -0.25) is 9.59 Å². The number of nitrogens with one attached hydrogen (secondary N) is 2. The first-order valence-electron chi connectivity index (χ1n) is 24.1. The molecule has 2 amide bonds. The number of para-hydroxylation sites is 2. The Kier molecular flexibility index (Phi) is 13.5. The van der Waals surface area contributed by atoms with E-state index in [1.807, 2.05) is 182 Å². The fraction of sp³-hybridized carbons (Fsp3) is 0.0806. The van der Waals surface area contributed by atoms with Gasteiger partial charge in [-0.1, -0.05) is 147 Å². The lowest BCUT2D eigenvalue weighted by Gasteiger charge is -2.12. The Bertz CT molecular complexity index is 3840. The van der Waals surface area contributed by atoms with E-state index < -0.39 is 11.8 Å². The summed E-state index contributed by atoms with van der Waals surface area (Å²) in [5.41, 5.74) is 10.3. The van der Waals surface area contributed by atoms with Crippen molar-refractivity contribution in [3.63, 3.8) is 0 Å². The van der Waals surface area contributed by atoms with Crippen molar-refractivity contribution in [1.82, 2.24) is 9.78 Å². The summed E-state index contributed by atoms with van der Waals surface area (Å²) in [5.74, 6) is -1.06. The van der Waals surface area contributed by atoms with E-state index in [-0.39, 0.29) is 34.0 Å². The van der Waals surface area contributed by atoms with Gasteiger partial charge in [-0.2, -0.15) is 15.3 Å². The second-order valence-electron chi connectivity index (χ2n) is 18.2. The topological polar surface area (TPSA) is 166 Å². The standard InChI is InChI=1S/C62H50N8O4/c1-38(2)42-25-27-43(28-26-42)56-46(24-21-41-22-29-47(30-23-41)65-67-57-50-17-9-7-15-44(50)35-52(59(57)71)61(73)63-54-19-11-5-13-39(54)3)37-70(69-56)49-33-31-48(32-34-49)66-68-58-51-18-10-8-16-45(51)36-53(60(58)72)62(74)64-55-20-12-6-14-40(55)4/h5-38,71-72H,1-4H3,(H,63,73)(H,64,74)/b24-21+,67-65+,68-66+. The van der Waals surface area contributed by atoms with Crippen molar-refractivity contribution >= 4 is 79.6 Å². The van der Waals surface area contributed by atoms with Gasteiger partial charge in [0.2, 0.25) is 0 Å². The maximum Gasteiger partial charge on any atom is 0.259 e. The van der Waals surface area contributed by atoms with E-state index in [1.54, 1.807) is 12.1 Å². The average molecular weight is 971 g/mol. The number of aromatic hydroxyl groups is 2. The van der Waals surface area contributed by atoms with Gasteiger partial charge in [0, 0.05) is 39.5 Å². The molecule has 0 aliphatic carbocycles. The third kappa shape index (κ3) is 10.2. The number of anilines is 2. The highest BCUT2D eigenvalue weighted by atomic mass is 16.3. The number of phenolic OH excluding ortho intramolecular Hbond substituents is 2. The predicted molar refractivity (Wildman–Crippen MR) is 296 cm³/mol. The van der Waals surface area contributed by atoms with Crippen LogP contribution in [0.3, 0.4) is 0 Å². The summed E-state index contributed by atoms with van der Waals surface area (Å²) in [4.78, 5) is 27.0. The Hall–Kier alpha value is -9.81. The molecule has 9 aromatic carbocycles. The van der Waals surface area contributed by atoms with E-state index in [0.29, 0.717) is 39.4 Å². The molecule has 0 unspecified atom stereocenters. The van der Waals surface area contributed by atoms with Gasteiger partial charge < -0.3 is 20.8 Å². The summed E-state index contributed by atoms with van der Waals surface area (Å²) in [7, 11) is 0. The van der Waals surface area contributed by atoms with Crippen LogP contribution < -0.4 is 10.6 Å². The second-order valence-corrected chi connectivity index (χ2v) is 18.2. The quantitative estimate of drug-likeness (QED) is 0.0843. The summed E-state index contributed by atoms with van der Waals surface area (Å²) in [6, 6.07) is 56.5. The van der Waals surface area contributed by atoms with Gasteiger partial charge in [0.15, 0.2) is 11.5 Å². The van der Waals surface area contributed by atoms with Crippen molar-refractivity contribution in [3.8, 4) is 28.4 Å². The summed E-state index contributed by atoms with van der Waals surface area (Å²) in [5, 5.41) is 54.6. The minimum absolute atomic E-state index is 0.0882. The molecule has 0 aliphatic heterocycles. The van der Waals surface area contributed by atoms with Gasteiger partial charge in [-0.15, -0.1) is 10.2 Å². The van der Waals surface area contributed by atoms with Crippen LogP contribution in [0, 0.1) is 13.8 Å². The third-order valence-corrected chi connectivity index (χ3v) is 12.9. The van der Waals surface area contributed by atoms with Crippen LogP contribution >= 0.6 is 0 Å². The first-order chi connectivity index (χ1) is 36.0. The molecule has 0 radical (unpaired) electrons. The highest BCUT2D eigenvalue weighted by Crippen LogP contribution is 2.42. The molecule has 10 rings (SSSR count). The lowest BCUT2D eigenvalue weighted by Crippen LogP contribution is -2.13. The number of azo groups is 2. The molecule has 12 heteroatoms. The van der Waals surface area contributed by atoms with Gasteiger partial charge >= 0.3 is 0 Å². The number of rotatable bonds is 13. The zero-order valence-electron chi connectivity index (χ0n) is 41.0. The summed E-state index contributed by atoms with van der Waals surface area (Å²) < 4.78 is 1.83. The molecular formula is C62H50N8O4. The number of carbonyl (C=O) groups is 2. The molecule has 362 valence electrons. The van der Waals surface area contributed by atoms with Gasteiger partial charge in [0.1, 0.15) is 11.4 Å². The summed E-state index contributed by atoms with van der Waals surface area (Å²) in [6.45, 7) is 8.15. The number of nitrogens with zero attached hydrogens (tertiary/aromatic N) is 6.